The molecule has 1 amide bonds. The number of rotatable bonds is 7. The van der Waals surface area contributed by atoms with Gasteiger partial charge >= 0.3 is 6.09 Å². The van der Waals surface area contributed by atoms with Crippen LogP contribution in [-0.2, 0) is 16.1 Å². The van der Waals surface area contributed by atoms with E-state index in [2.05, 4.69) is 28.1 Å². The first-order valence-corrected chi connectivity index (χ1v) is 10.3. The second kappa shape index (κ2) is 9.53. The van der Waals surface area contributed by atoms with Gasteiger partial charge in [-0.05, 0) is 56.3 Å². The second-order valence-corrected chi connectivity index (χ2v) is 9.03. The van der Waals surface area contributed by atoms with Crippen molar-refractivity contribution in [2.45, 2.75) is 45.5 Å². The summed E-state index contributed by atoms with van der Waals surface area (Å²) in [5.74, 6) is 0. The van der Waals surface area contributed by atoms with Crippen LogP contribution in [0, 0.1) is 0 Å². The van der Waals surface area contributed by atoms with Crippen LogP contribution in [0.2, 0.25) is 0 Å². The molecular weight excluding hydrogens is 414 g/mol. The first-order chi connectivity index (χ1) is 12.2. The number of benzene rings is 1. The number of carbonyl (C=O) groups is 1. The molecule has 0 radical (unpaired) electrons. The first kappa shape index (κ1) is 20.9. The van der Waals surface area contributed by atoms with Gasteiger partial charge in [0, 0.05) is 22.9 Å². The van der Waals surface area contributed by atoms with Gasteiger partial charge in [0.25, 0.3) is 0 Å². The predicted octanol–water partition coefficient (Wildman–Crippen LogP) is 6.03. The number of carbonyl (C=O) groups excluding carboxylic acids is 1. The lowest BCUT2D eigenvalue weighted by atomic mass is 10.2. The van der Waals surface area contributed by atoms with Gasteiger partial charge in [0.05, 0.1) is 12.7 Å². The highest BCUT2D eigenvalue weighted by atomic mass is 79.9. The molecule has 6 heteroatoms. The van der Waals surface area contributed by atoms with Gasteiger partial charge in [-0.3, -0.25) is 0 Å². The van der Waals surface area contributed by atoms with Crippen LogP contribution in [-0.4, -0.2) is 30.2 Å². The Morgan fingerprint density at radius 1 is 1.27 bits per heavy atom. The molecule has 1 unspecified atom stereocenters. The fourth-order valence-corrected chi connectivity index (χ4v) is 3.60. The molecule has 2 aromatic rings. The smallest absolute Gasteiger partial charge is 0.410 e. The van der Waals surface area contributed by atoms with Crippen molar-refractivity contribution >= 4 is 33.4 Å². The Labute approximate surface area is 168 Å². The maximum atomic E-state index is 12.1. The fourth-order valence-electron chi connectivity index (χ4n) is 2.35. The summed E-state index contributed by atoms with van der Waals surface area (Å²) >= 11 is 5.16. The Hall–Kier alpha value is -1.37. The fraction of sp³-hybridized carbons (Fsp3) is 0.450. The van der Waals surface area contributed by atoms with Crippen LogP contribution in [0.4, 0.5) is 4.79 Å². The van der Waals surface area contributed by atoms with Crippen LogP contribution >= 0.6 is 27.3 Å². The van der Waals surface area contributed by atoms with E-state index < -0.39 is 5.60 Å². The van der Waals surface area contributed by atoms with Gasteiger partial charge in [-0.15, -0.1) is 11.3 Å². The lowest BCUT2D eigenvalue weighted by molar-refractivity contribution is 0.0148. The molecule has 0 spiro atoms. The Kier molecular flexibility index (Phi) is 7.68. The summed E-state index contributed by atoms with van der Waals surface area (Å²) in [6, 6.07) is 12.2. The van der Waals surface area contributed by atoms with Crippen molar-refractivity contribution in [2.75, 3.05) is 13.6 Å². The van der Waals surface area contributed by atoms with Gasteiger partial charge in [-0.1, -0.05) is 34.1 Å². The van der Waals surface area contributed by atoms with Crippen molar-refractivity contribution in [3.05, 3.63) is 56.7 Å². The molecule has 1 heterocycles. The predicted molar refractivity (Wildman–Crippen MR) is 109 cm³/mol. The van der Waals surface area contributed by atoms with Crippen molar-refractivity contribution in [3.8, 4) is 0 Å². The molecule has 1 aromatic carbocycles. The summed E-state index contributed by atoms with van der Waals surface area (Å²) in [6.45, 7) is 6.70. The van der Waals surface area contributed by atoms with E-state index in [4.69, 9.17) is 9.47 Å². The highest BCUT2D eigenvalue weighted by Crippen LogP contribution is 2.27. The molecule has 0 aliphatic rings. The molecule has 4 nitrogen and oxygen atoms in total. The van der Waals surface area contributed by atoms with Crippen molar-refractivity contribution in [1.82, 2.24) is 4.90 Å². The summed E-state index contributed by atoms with van der Waals surface area (Å²) in [5.41, 5.74) is 0.622. The number of amides is 1. The van der Waals surface area contributed by atoms with Crippen molar-refractivity contribution in [1.29, 1.82) is 0 Å². The van der Waals surface area contributed by atoms with Crippen molar-refractivity contribution in [2.24, 2.45) is 0 Å². The van der Waals surface area contributed by atoms with Gasteiger partial charge in [-0.2, -0.15) is 0 Å². The lowest BCUT2D eigenvalue weighted by Gasteiger charge is -2.26. The Bertz CT molecular complexity index is 697. The maximum absolute atomic E-state index is 12.1. The molecule has 1 atom stereocenters. The summed E-state index contributed by atoms with van der Waals surface area (Å²) < 4.78 is 12.6. The average molecular weight is 440 g/mol. The number of halogens is 1. The molecule has 0 fully saturated rings. The van der Waals surface area contributed by atoms with Crippen LogP contribution in [0.3, 0.4) is 0 Å². The van der Waals surface area contributed by atoms with E-state index in [1.54, 1.807) is 23.3 Å². The third kappa shape index (κ3) is 7.09. The molecule has 26 heavy (non-hydrogen) atoms. The zero-order valence-corrected chi connectivity index (χ0v) is 18.1. The molecule has 0 aliphatic heterocycles. The minimum Gasteiger partial charge on any atom is -0.444 e. The monoisotopic (exact) mass is 439 g/mol. The summed E-state index contributed by atoms with van der Waals surface area (Å²) in [6.07, 6.45) is 0.345. The number of ether oxygens (including phenoxy) is 2. The van der Waals surface area contributed by atoms with Gasteiger partial charge in [0.15, 0.2) is 0 Å². The van der Waals surface area contributed by atoms with E-state index in [1.165, 1.54) is 0 Å². The molecule has 0 bridgehead atoms. The van der Waals surface area contributed by atoms with Crippen LogP contribution in [0.1, 0.15) is 43.7 Å². The molecule has 1 aromatic heterocycles. The zero-order valence-electron chi connectivity index (χ0n) is 15.7. The van der Waals surface area contributed by atoms with Crippen molar-refractivity contribution < 1.29 is 14.3 Å². The normalized spacial score (nSPS) is 12.7. The van der Waals surface area contributed by atoms with Crippen LogP contribution in [0.15, 0.2) is 46.3 Å². The van der Waals surface area contributed by atoms with Gasteiger partial charge in [0.1, 0.15) is 5.60 Å². The van der Waals surface area contributed by atoms with E-state index in [9.17, 15) is 4.79 Å². The molecular formula is C20H26BrNO3S. The standard InChI is InChI=1S/C20H26BrNO3S/c1-20(2,3)25-19(23)22(4)11-10-17(18-9-6-12-26-18)24-14-15-7-5-8-16(21)13-15/h5-9,12-13,17H,10-11,14H2,1-4H3. The average Bonchev–Trinajstić information content (AvgIpc) is 3.07. The molecule has 0 saturated heterocycles. The quantitative estimate of drug-likeness (QED) is 0.528. The highest BCUT2D eigenvalue weighted by molar-refractivity contribution is 9.10. The van der Waals surface area contributed by atoms with Crippen LogP contribution < -0.4 is 0 Å². The molecule has 0 N–H and O–H groups in total. The zero-order chi connectivity index (χ0) is 19.2. The van der Waals surface area contributed by atoms with Gasteiger partial charge < -0.3 is 14.4 Å². The van der Waals surface area contributed by atoms with Crippen molar-refractivity contribution in [3.63, 3.8) is 0 Å². The highest BCUT2D eigenvalue weighted by Gasteiger charge is 2.21. The third-order valence-electron chi connectivity index (χ3n) is 3.63. The maximum Gasteiger partial charge on any atom is 0.410 e. The molecule has 0 aliphatic carbocycles. The van der Waals surface area contributed by atoms with Crippen LogP contribution in [0.5, 0.6) is 0 Å². The Morgan fingerprint density at radius 3 is 2.65 bits per heavy atom. The molecule has 142 valence electrons. The third-order valence-corrected chi connectivity index (χ3v) is 5.09. The van der Waals surface area contributed by atoms with Gasteiger partial charge in [0.2, 0.25) is 0 Å². The Morgan fingerprint density at radius 2 is 2.04 bits per heavy atom. The van der Waals surface area contributed by atoms with E-state index in [-0.39, 0.29) is 12.2 Å². The summed E-state index contributed by atoms with van der Waals surface area (Å²) in [7, 11) is 1.76. The SMILES string of the molecule is CN(CCC(OCc1cccc(Br)c1)c1cccs1)C(=O)OC(C)(C)C. The van der Waals surface area contributed by atoms with E-state index in [0.29, 0.717) is 19.6 Å². The topological polar surface area (TPSA) is 38.8 Å². The van der Waals surface area contributed by atoms with E-state index >= 15 is 0 Å². The minimum absolute atomic E-state index is 0.0566. The number of hydrogen-bond acceptors (Lipinski definition) is 4. The van der Waals surface area contributed by atoms with Gasteiger partial charge in [-0.25, -0.2) is 4.79 Å². The van der Waals surface area contributed by atoms with E-state index in [1.807, 2.05) is 50.4 Å². The summed E-state index contributed by atoms with van der Waals surface area (Å²) in [5, 5.41) is 2.04. The largest absolute Gasteiger partial charge is 0.444 e. The Balaban J connectivity index is 1.94. The van der Waals surface area contributed by atoms with E-state index in [0.717, 1.165) is 14.9 Å². The second-order valence-electron chi connectivity index (χ2n) is 7.14. The summed E-state index contributed by atoms with van der Waals surface area (Å²) in [4.78, 5) is 14.9. The van der Waals surface area contributed by atoms with Crippen LogP contribution in [0.25, 0.3) is 0 Å². The minimum atomic E-state index is -0.490. The lowest BCUT2D eigenvalue weighted by Crippen LogP contribution is -2.35. The molecule has 0 saturated carbocycles. The molecule has 2 rings (SSSR count). The number of nitrogens with zero attached hydrogens (tertiary/aromatic N) is 1. The first-order valence-electron chi connectivity index (χ1n) is 8.58. The number of hydrogen-bond donors (Lipinski definition) is 0. The number of thiophene rings is 1.